The summed E-state index contributed by atoms with van der Waals surface area (Å²) >= 11 is 0. The highest BCUT2D eigenvalue weighted by molar-refractivity contribution is 5.94. The van der Waals surface area contributed by atoms with Crippen molar-refractivity contribution in [3.63, 3.8) is 0 Å². The van der Waals surface area contributed by atoms with Crippen LogP contribution in [0.25, 0.3) is 27.8 Å². The summed E-state index contributed by atoms with van der Waals surface area (Å²) in [7, 11) is 0. The Hall–Kier alpha value is -4.00. The maximum atomic E-state index is 13.4. The molecule has 2 aliphatic heterocycles. The van der Waals surface area contributed by atoms with Crippen LogP contribution in [0.3, 0.4) is 0 Å². The third-order valence-electron chi connectivity index (χ3n) is 6.94. The van der Waals surface area contributed by atoms with Gasteiger partial charge in [-0.25, -0.2) is 9.36 Å². The summed E-state index contributed by atoms with van der Waals surface area (Å²) in [6, 6.07) is 17.7. The summed E-state index contributed by atoms with van der Waals surface area (Å²) in [6.45, 7) is 2.56. The summed E-state index contributed by atoms with van der Waals surface area (Å²) in [5.41, 5.74) is 4.14. The van der Waals surface area contributed by atoms with Crippen LogP contribution in [-0.4, -0.2) is 29.9 Å². The third kappa shape index (κ3) is 3.36. The Morgan fingerprint density at radius 1 is 1.00 bits per heavy atom. The fourth-order valence-electron chi connectivity index (χ4n) is 5.08. The van der Waals surface area contributed by atoms with Crippen molar-refractivity contribution in [3.8, 4) is 16.9 Å². The van der Waals surface area contributed by atoms with Gasteiger partial charge in [0.15, 0.2) is 5.78 Å². The molecule has 0 saturated heterocycles. The second-order valence-corrected chi connectivity index (χ2v) is 9.15. The zero-order valence-corrected chi connectivity index (χ0v) is 19.0. The van der Waals surface area contributed by atoms with Gasteiger partial charge in [0.2, 0.25) is 0 Å². The molecule has 7 heteroatoms. The quantitative estimate of drug-likeness (QED) is 0.404. The molecule has 2 atom stereocenters. The molecule has 0 N–H and O–H groups in total. The molecule has 3 aliphatic rings. The molecule has 1 fully saturated rings. The van der Waals surface area contributed by atoms with Gasteiger partial charge in [0.05, 0.1) is 16.8 Å². The zero-order valence-electron chi connectivity index (χ0n) is 19.0. The predicted octanol–water partition coefficient (Wildman–Crippen LogP) is 4.47. The van der Waals surface area contributed by atoms with Crippen molar-refractivity contribution in [2.75, 3.05) is 0 Å². The molecule has 6 rings (SSSR count). The summed E-state index contributed by atoms with van der Waals surface area (Å²) in [6.07, 6.45) is 8.05. The number of pyridine rings is 1. The van der Waals surface area contributed by atoms with Crippen LogP contribution < -0.4 is 5.56 Å². The van der Waals surface area contributed by atoms with E-state index in [-0.39, 0.29) is 17.3 Å². The first kappa shape index (κ1) is 20.6. The second kappa shape index (κ2) is 8.09. The van der Waals surface area contributed by atoms with Gasteiger partial charge in [-0.1, -0.05) is 43.7 Å². The van der Waals surface area contributed by atoms with Crippen LogP contribution in [0.2, 0.25) is 0 Å². The number of hydrogen-bond acceptors (Lipinski definition) is 4. The van der Waals surface area contributed by atoms with E-state index in [1.165, 1.54) is 4.68 Å². The van der Waals surface area contributed by atoms with Gasteiger partial charge >= 0.3 is 0 Å². The lowest BCUT2D eigenvalue weighted by atomic mass is 9.86. The van der Waals surface area contributed by atoms with Crippen molar-refractivity contribution in [2.45, 2.75) is 38.8 Å². The largest absolute Gasteiger partial charge is 0.342 e. The standard InChI is InChI=1S/C27H25N5O2/c1-18-6-4-9-24(26(18)33)32-27(34)22-17-30(23-8-3-2-7-21(23)25(22)29-32)16-19-10-12-20(13-11-19)31-15-5-14-28-31/h2-3,5,7-8,10-15,17-18,24H,4,6,9,16H2,1H3/t18-,24?/m1/s1. The van der Waals surface area contributed by atoms with Crippen LogP contribution >= 0.6 is 0 Å². The second-order valence-electron chi connectivity index (χ2n) is 9.15. The number of hydrogen-bond donors (Lipinski definition) is 0. The van der Waals surface area contributed by atoms with E-state index < -0.39 is 6.04 Å². The first-order valence-electron chi connectivity index (χ1n) is 11.7. The Kier molecular flexibility index (Phi) is 4.90. The lowest BCUT2D eigenvalue weighted by Crippen LogP contribution is -2.34. The molecular formula is C27H25N5O2. The van der Waals surface area contributed by atoms with Crippen molar-refractivity contribution < 1.29 is 4.79 Å². The number of rotatable bonds is 4. The molecule has 1 unspecified atom stereocenters. The fraction of sp³-hybridized carbons (Fsp3) is 0.259. The predicted molar refractivity (Wildman–Crippen MR) is 130 cm³/mol. The number of para-hydroxylation sites is 1. The number of benzene rings is 2. The molecule has 3 aromatic rings. The highest BCUT2D eigenvalue weighted by atomic mass is 16.1. The smallest absolute Gasteiger partial charge is 0.278 e. The van der Waals surface area contributed by atoms with E-state index in [9.17, 15) is 9.59 Å². The topological polar surface area (TPSA) is 74.7 Å². The SMILES string of the molecule is C[C@@H]1CCCC(n2nc3c4ccccc4n(Cc4ccc(-n5cccn5)cc4)cc-3c2=O)C1=O. The van der Waals surface area contributed by atoms with Gasteiger partial charge in [-0.05, 0) is 42.7 Å². The minimum absolute atomic E-state index is 0.0307. The Bertz CT molecular complexity index is 1510. The Morgan fingerprint density at radius 2 is 1.82 bits per heavy atom. The monoisotopic (exact) mass is 451 g/mol. The average molecular weight is 452 g/mol. The minimum atomic E-state index is -0.467. The maximum Gasteiger partial charge on any atom is 0.278 e. The van der Waals surface area contributed by atoms with Crippen LogP contribution in [0.15, 0.2) is 78.0 Å². The number of fused-ring (bicyclic) bond motifs is 3. The van der Waals surface area contributed by atoms with E-state index >= 15 is 0 Å². The highest BCUT2D eigenvalue weighted by Gasteiger charge is 2.33. The van der Waals surface area contributed by atoms with E-state index in [1.807, 2.05) is 66.5 Å². The molecule has 2 aromatic carbocycles. The summed E-state index contributed by atoms with van der Waals surface area (Å²) in [5, 5.41) is 9.89. The van der Waals surface area contributed by atoms with E-state index in [0.29, 0.717) is 24.2 Å². The summed E-state index contributed by atoms with van der Waals surface area (Å²) in [4.78, 5) is 26.3. The molecule has 0 bridgehead atoms. The van der Waals surface area contributed by atoms with Crippen LogP contribution in [0.1, 0.15) is 37.8 Å². The van der Waals surface area contributed by atoms with E-state index in [0.717, 1.165) is 35.0 Å². The molecule has 170 valence electrons. The minimum Gasteiger partial charge on any atom is -0.342 e. The van der Waals surface area contributed by atoms with E-state index in [4.69, 9.17) is 5.10 Å². The average Bonchev–Trinajstić information content (AvgIpc) is 3.51. The van der Waals surface area contributed by atoms with Gasteiger partial charge in [-0.15, -0.1) is 0 Å². The Morgan fingerprint density at radius 3 is 2.62 bits per heavy atom. The summed E-state index contributed by atoms with van der Waals surface area (Å²) < 4.78 is 5.36. The van der Waals surface area contributed by atoms with Crippen molar-refractivity contribution >= 4 is 16.7 Å². The number of aromatic nitrogens is 5. The zero-order chi connectivity index (χ0) is 23.2. The molecule has 1 aliphatic carbocycles. The van der Waals surface area contributed by atoms with Crippen LogP contribution in [0, 0.1) is 5.92 Å². The molecule has 0 amide bonds. The molecule has 3 heterocycles. The number of ketones is 1. The summed E-state index contributed by atoms with van der Waals surface area (Å²) in [5.74, 6) is 0.0856. The van der Waals surface area contributed by atoms with Gasteiger partial charge in [-0.2, -0.15) is 10.2 Å². The molecule has 0 spiro atoms. The Balaban J connectivity index is 1.44. The lowest BCUT2D eigenvalue weighted by molar-refractivity contribution is -0.128. The van der Waals surface area contributed by atoms with Crippen molar-refractivity contribution in [1.82, 2.24) is 24.1 Å². The number of carbonyl (C=O) groups excluding carboxylic acids is 1. The van der Waals surface area contributed by atoms with Gasteiger partial charge in [0.1, 0.15) is 11.7 Å². The number of carbonyl (C=O) groups is 1. The van der Waals surface area contributed by atoms with Crippen LogP contribution in [0.4, 0.5) is 0 Å². The first-order chi connectivity index (χ1) is 16.6. The molecule has 0 radical (unpaired) electrons. The van der Waals surface area contributed by atoms with Gasteiger partial charge in [-0.3, -0.25) is 9.59 Å². The van der Waals surface area contributed by atoms with Crippen molar-refractivity contribution in [2.24, 2.45) is 5.92 Å². The van der Waals surface area contributed by atoms with E-state index in [2.05, 4.69) is 21.8 Å². The van der Waals surface area contributed by atoms with Gasteiger partial charge in [0.25, 0.3) is 5.56 Å². The van der Waals surface area contributed by atoms with Crippen LogP contribution in [-0.2, 0) is 11.3 Å². The van der Waals surface area contributed by atoms with E-state index in [1.54, 1.807) is 6.20 Å². The fourth-order valence-corrected chi connectivity index (χ4v) is 5.08. The highest BCUT2D eigenvalue weighted by Crippen LogP contribution is 2.32. The van der Waals surface area contributed by atoms with Gasteiger partial charge in [0, 0.05) is 36.4 Å². The lowest BCUT2D eigenvalue weighted by Gasteiger charge is -2.24. The number of nitrogens with zero attached hydrogens (tertiary/aromatic N) is 5. The molecule has 7 nitrogen and oxygen atoms in total. The number of Topliss-reactive ketones (excluding diaryl/α,β-unsaturated/α-hetero) is 1. The molecule has 1 aromatic heterocycles. The first-order valence-corrected chi connectivity index (χ1v) is 11.7. The molecular weight excluding hydrogens is 426 g/mol. The van der Waals surface area contributed by atoms with Crippen LogP contribution in [0.5, 0.6) is 0 Å². The van der Waals surface area contributed by atoms with Crippen molar-refractivity contribution in [3.05, 3.63) is 89.1 Å². The molecule has 1 saturated carbocycles. The van der Waals surface area contributed by atoms with Gasteiger partial charge < -0.3 is 4.57 Å². The molecule has 34 heavy (non-hydrogen) atoms. The third-order valence-corrected chi connectivity index (χ3v) is 6.94. The van der Waals surface area contributed by atoms with Crippen molar-refractivity contribution in [1.29, 1.82) is 0 Å². The normalized spacial score (nSPS) is 18.7. The maximum absolute atomic E-state index is 13.4. The Labute approximate surface area is 196 Å².